The summed E-state index contributed by atoms with van der Waals surface area (Å²) in [5.74, 6) is -0.0551. The molecule has 0 aliphatic rings. The minimum atomic E-state index is -4.01. The zero-order valence-corrected chi connectivity index (χ0v) is 14.3. The van der Waals surface area contributed by atoms with Crippen molar-refractivity contribution in [2.45, 2.75) is 25.2 Å². The van der Waals surface area contributed by atoms with Gasteiger partial charge in [0.05, 0.1) is 18.4 Å². The minimum Gasteiger partial charge on any atom is -0.495 e. The van der Waals surface area contributed by atoms with Gasteiger partial charge in [-0.3, -0.25) is 10.1 Å². The molecular formula is C14H15ClN2O5S. The van der Waals surface area contributed by atoms with Gasteiger partial charge in [0, 0.05) is 17.6 Å². The molecule has 2 rings (SSSR count). The molecule has 124 valence electrons. The van der Waals surface area contributed by atoms with E-state index in [2.05, 4.69) is 10.5 Å². The Balaban J connectivity index is 2.67. The quantitative estimate of drug-likeness (QED) is 0.825. The zero-order valence-electron chi connectivity index (χ0n) is 12.7. The summed E-state index contributed by atoms with van der Waals surface area (Å²) >= 11 is 0. The Kier molecular flexibility index (Phi) is 4.96. The number of rotatable bonds is 5. The molecule has 0 spiro atoms. The van der Waals surface area contributed by atoms with Crippen LogP contribution in [0.3, 0.4) is 0 Å². The molecule has 0 unspecified atom stereocenters. The molecule has 0 bridgehead atoms. The van der Waals surface area contributed by atoms with Gasteiger partial charge in [0.1, 0.15) is 10.6 Å². The second-order valence-electron chi connectivity index (χ2n) is 4.67. The van der Waals surface area contributed by atoms with Crippen molar-refractivity contribution >= 4 is 31.5 Å². The van der Waals surface area contributed by atoms with Crippen LogP contribution in [0.1, 0.15) is 19.5 Å². The van der Waals surface area contributed by atoms with Crippen LogP contribution in [0, 0.1) is 0 Å². The average molecular weight is 359 g/mol. The van der Waals surface area contributed by atoms with E-state index in [0.717, 1.165) is 0 Å². The van der Waals surface area contributed by atoms with Crippen LogP contribution in [0.25, 0.3) is 11.1 Å². The van der Waals surface area contributed by atoms with Crippen LogP contribution in [-0.2, 0) is 20.3 Å². The number of ether oxygens (including phenoxy) is 1. The Hall–Kier alpha value is -2.06. The first-order valence-corrected chi connectivity index (χ1v) is 8.98. The van der Waals surface area contributed by atoms with Crippen molar-refractivity contribution in [2.24, 2.45) is 0 Å². The van der Waals surface area contributed by atoms with Crippen molar-refractivity contribution in [3.8, 4) is 16.9 Å². The molecule has 0 atom stereocenters. The number of carbonyl (C=O) groups excluding carboxylic acids is 1. The van der Waals surface area contributed by atoms with E-state index in [1.54, 1.807) is 6.07 Å². The summed E-state index contributed by atoms with van der Waals surface area (Å²) in [5, 5.41) is 6.43. The van der Waals surface area contributed by atoms with Crippen LogP contribution >= 0.6 is 10.7 Å². The highest BCUT2D eigenvalue weighted by Gasteiger charge is 2.22. The number of hydrogen-bond donors (Lipinski definition) is 1. The van der Waals surface area contributed by atoms with E-state index in [4.69, 9.17) is 19.9 Å². The summed E-state index contributed by atoms with van der Waals surface area (Å²) in [6.07, 6.45) is 0.535. The number of aromatic nitrogens is 1. The predicted molar refractivity (Wildman–Crippen MR) is 85.2 cm³/mol. The summed E-state index contributed by atoms with van der Waals surface area (Å²) in [6.45, 7) is 3.20. The van der Waals surface area contributed by atoms with Crippen molar-refractivity contribution in [2.75, 3.05) is 12.4 Å². The van der Waals surface area contributed by atoms with Gasteiger partial charge >= 0.3 is 0 Å². The van der Waals surface area contributed by atoms with Gasteiger partial charge in [-0.1, -0.05) is 18.1 Å². The molecule has 1 heterocycles. The molecule has 0 aliphatic heterocycles. The maximum absolute atomic E-state index is 11.7. The second kappa shape index (κ2) is 6.59. The van der Waals surface area contributed by atoms with E-state index in [1.165, 1.54) is 26.2 Å². The number of methoxy groups -OCH3 is 1. The molecule has 7 nitrogen and oxygen atoms in total. The Morgan fingerprint density at radius 2 is 2.13 bits per heavy atom. The first-order chi connectivity index (χ1) is 10.8. The monoisotopic (exact) mass is 358 g/mol. The number of carbonyl (C=O) groups is 1. The number of hydrogen-bond acceptors (Lipinski definition) is 6. The first kappa shape index (κ1) is 17.3. The number of nitrogens with one attached hydrogen (secondary N) is 1. The van der Waals surface area contributed by atoms with Gasteiger partial charge in [-0.25, -0.2) is 8.42 Å². The third-order valence-electron chi connectivity index (χ3n) is 3.10. The Bertz CT molecular complexity index is 845. The fourth-order valence-electron chi connectivity index (χ4n) is 2.13. The molecule has 1 aromatic carbocycles. The van der Waals surface area contributed by atoms with Crippen molar-refractivity contribution in [1.82, 2.24) is 5.16 Å². The van der Waals surface area contributed by atoms with Crippen LogP contribution in [0.4, 0.5) is 5.88 Å². The molecular weight excluding hydrogens is 344 g/mol. The highest BCUT2D eigenvalue weighted by atomic mass is 35.7. The van der Waals surface area contributed by atoms with E-state index in [9.17, 15) is 13.2 Å². The lowest BCUT2D eigenvalue weighted by Gasteiger charge is -2.09. The SMILES string of the molecule is CCc1noc(NC(C)=O)c1-c1ccc(OC)c(S(=O)(=O)Cl)c1. The zero-order chi connectivity index (χ0) is 17.2. The molecule has 1 aromatic heterocycles. The van der Waals surface area contributed by atoms with E-state index in [-0.39, 0.29) is 22.4 Å². The minimum absolute atomic E-state index is 0.124. The van der Waals surface area contributed by atoms with Crippen LogP contribution in [0.2, 0.25) is 0 Å². The molecule has 1 amide bonds. The lowest BCUT2D eigenvalue weighted by molar-refractivity contribution is -0.114. The first-order valence-electron chi connectivity index (χ1n) is 6.67. The molecule has 0 aliphatic carbocycles. The molecule has 9 heteroatoms. The predicted octanol–water partition coefficient (Wildman–Crippen LogP) is 2.80. The summed E-state index contributed by atoms with van der Waals surface area (Å²) in [6, 6.07) is 4.48. The molecule has 0 saturated heterocycles. The molecule has 23 heavy (non-hydrogen) atoms. The van der Waals surface area contributed by atoms with E-state index in [1.807, 2.05) is 6.92 Å². The average Bonchev–Trinajstić information content (AvgIpc) is 2.87. The second-order valence-corrected chi connectivity index (χ2v) is 7.21. The smallest absolute Gasteiger partial charge is 0.265 e. The van der Waals surface area contributed by atoms with Crippen LogP contribution in [-0.4, -0.2) is 26.6 Å². The van der Waals surface area contributed by atoms with Gasteiger partial charge in [0.2, 0.25) is 11.8 Å². The highest BCUT2D eigenvalue weighted by molar-refractivity contribution is 8.13. The topological polar surface area (TPSA) is 98.5 Å². The lowest BCUT2D eigenvalue weighted by atomic mass is 10.0. The Morgan fingerprint density at radius 1 is 1.43 bits per heavy atom. The van der Waals surface area contributed by atoms with Gasteiger partial charge in [-0.05, 0) is 24.1 Å². The number of aryl methyl sites for hydroxylation is 1. The molecule has 1 N–H and O–H groups in total. The van der Waals surface area contributed by atoms with Crippen LogP contribution in [0.15, 0.2) is 27.6 Å². The fraction of sp³-hybridized carbons (Fsp3) is 0.286. The van der Waals surface area contributed by atoms with Crippen molar-refractivity contribution in [3.05, 3.63) is 23.9 Å². The standard InChI is InChI=1S/C14H15ClN2O5S/c1-4-10-13(14(22-17-10)16-8(2)18)9-5-6-11(21-3)12(7-9)23(15,19)20/h5-7H,4H2,1-3H3,(H,16,18). The van der Waals surface area contributed by atoms with E-state index in [0.29, 0.717) is 23.2 Å². The van der Waals surface area contributed by atoms with Crippen LogP contribution < -0.4 is 10.1 Å². The third-order valence-corrected chi connectivity index (χ3v) is 4.45. The molecule has 0 fully saturated rings. The molecule has 2 aromatic rings. The summed E-state index contributed by atoms with van der Waals surface area (Å²) in [7, 11) is 2.80. The maximum atomic E-state index is 11.7. The normalized spacial score (nSPS) is 11.3. The number of halogens is 1. The van der Waals surface area contributed by atoms with E-state index >= 15 is 0 Å². The Labute approximate surface area is 138 Å². The van der Waals surface area contributed by atoms with Gasteiger partial charge in [0.15, 0.2) is 0 Å². The Morgan fingerprint density at radius 3 is 2.65 bits per heavy atom. The van der Waals surface area contributed by atoms with Gasteiger partial charge in [0.25, 0.3) is 9.05 Å². The number of amides is 1. The third kappa shape index (κ3) is 3.65. The molecule has 0 saturated carbocycles. The van der Waals surface area contributed by atoms with Gasteiger partial charge < -0.3 is 9.26 Å². The highest BCUT2D eigenvalue weighted by Crippen LogP contribution is 2.37. The van der Waals surface area contributed by atoms with E-state index < -0.39 is 9.05 Å². The molecule has 0 radical (unpaired) electrons. The summed E-state index contributed by atoms with van der Waals surface area (Å²) in [5.41, 5.74) is 1.58. The summed E-state index contributed by atoms with van der Waals surface area (Å²) < 4.78 is 33.6. The van der Waals surface area contributed by atoms with Gasteiger partial charge in [-0.15, -0.1) is 0 Å². The summed E-state index contributed by atoms with van der Waals surface area (Å²) in [4.78, 5) is 11.1. The number of nitrogens with zero attached hydrogens (tertiary/aromatic N) is 1. The number of anilines is 1. The fourth-order valence-corrected chi connectivity index (χ4v) is 3.15. The van der Waals surface area contributed by atoms with Crippen molar-refractivity contribution in [3.63, 3.8) is 0 Å². The van der Waals surface area contributed by atoms with Crippen molar-refractivity contribution < 1.29 is 22.5 Å². The number of benzene rings is 1. The van der Waals surface area contributed by atoms with Crippen molar-refractivity contribution in [1.29, 1.82) is 0 Å². The van der Waals surface area contributed by atoms with Gasteiger partial charge in [-0.2, -0.15) is 0 Å². The maximum Gasteiger partial charge on any atom is 0.265 e. The van der Waals surface area contributed by atoms with Crippen LogP contribution in [0.5, 0.6) is 5.75 Å². The largest absolute Gasteiger partial charge is 0.495 e. The lowest BCUT2D eigenvalue weighted by Crippen LogP contribution is -2.06.